The molecule has 1 atom stereocenters. The Morgan fingerprint density at radius 2 is 1.79 bits per heavy atom. The molecule has 0 saturated heterocycles. The Morgan fingerprint density at radius 3 is 2.21 bits per heavy atom. The summed E-state index contributed by atoms with van der Waals surface area (Å²) in [5.41, 5.74) is 6.88. The lowest BCUT2D eigenvalue weighted by Gasteiger charge is -2.28. The summed E-state index contributed by atoms with van der Waals surface area (Å²) in [5, 5.41) is 0. The molecule has 0 radical (unpaired) electrons. The summed E-state index contributed by atoms with van der Waals surface area (Å²) in [4.78, 5) is 0. The minimum absolute atomic E-state index is 0.0480. The number of nitrogens with two attached hydrogens (primary N) is 1. The fraction of sp³-hybridized carbons (Fsp3) is 0.571. The van der Waals surface area contributed by atoms with Crippen molar-refractivity contribution in [2.75, 3.05) is 6.54 Å². The monoisotopic (exact) mass is 273 g/mol. The van der Waals surface area contributed by atoms with Crippen molar-refractivity contribution in [1.82, 2.24) is 0 Å². The van der Waals surface area contributed by atoms with E-state index in [0.29, 0.717) is 12.5 Å². The first-order valence-electron chi connectivity index (χ1n) is 6.37. The Kier molecular flexibility index (Phi) is 3.76. The molecular formula is C14H18F3NO. The molecule has 1 aliphatic carbocycles. The number of benzene rings is 1. The molecule has 5 heteroatoms. The highest BCUT2D eigenvalue weighted by atomic mass is 19.4. The lowest BCUT2D eigenvalue weighted by atomic mass is 9.79. The van der Waals surface area contributed by atoms with Gasteiger partial charge in [0.05, 0.1) is 0 Å². The summed E-state index contributed by atoms with van der Waals surface area (Å²) in [6, 6.07) is 6.06. The zero-order valence-electron chi connectivity index (χ0n) is 10.8. The molecule has 19 heavy (non-hydrogen) atoms. The molecule has 0 amide bonds. The molecule has 2 nitrogen and oxygen atoms in total. The Hall–Kier alpha value is -1.23. The molecule has 2 N–H and O–H groups in total. The molecule has 1 saturated carbocycles. The summed E-state index contributed by atoms with van der Waals surface area (Å²) >= 11 is 0. The van der Waals surface area contributed by atoms with Crippen molar-refractivity contribution >= 4 is 0 Å². The van der Waals surface area contributed by atoms with Crippen LogP contribution >= 0.6 is 0 Å². The van der Waals surface area contributed by atoms with Crippen LogP contribution in [0.3, 0.4) is 0 Å². The van der Waals surface area contributed by atoms with E-state index >= 15 is 0 Å². The molecule has 1 fully saturated rings. The zero-order valence-corrected chi connectivity index (χ0v) is 10.8. The van der Waals surface area contributed by atoms with Crippen LogP contribution in [0.5, 0.6) is 5.75 Å². The van der Waals surface area contributed by atoms with E-state index < -0.39 is 6.36 Å². The van der Waals surface area contributed by atoms with Gasteiger partial charge in [-0.15, -0.1) is 13.2 Å². The minimum atomic E-state index is -4.64. The van der Waals surface area contributed by atoms with Gasteiger partial charge in [-0.05, 0) is 54.8 Å². The van der Waals surface area contributed by atoms with Crippen LogP contribution in [0.15, 0.2) is 24.3 Å². The van der Waals surface area contributed by atoms with Crippen LogP contribution in [0, 0.1) is 11.3 Å². The van der Waals surface area contributed by atoms with Gasteiger partial charge in [0.15, 0.2) is 0 Å². The molecule has 0 spiro atoms. The van der Waals surface area contributed by atoms with E-state index in [1.54, 1.807) is 12.1 Å². The first kappa shape index (κ1) is 14.2. The number of halogens is 3. The molecule has 2 rings (SSSR count). The van der Waals surface area contributed by atoms with Crippen LogP contribution in [0.2, 0.25) is 0 Å². The van der Waals surface area contributed by atoms with Crippen molar-refractivity contribution in [3.8, 4) is 5.75 Å². The van der Waals surface area contributed by atoms with Gasteiger partial charge in [0.1, 0.15) is 5.75 Å². The van der Waals surface area contributed by atoms with Crippen molar-refractivity contribution in [2.24, 2.45) is 17.1 Å². The Balaban J connectivity index is 2.02. The van der Waals surface area contributed by atoms with Gasteiger partial charge in [-0.2, -0.15) is 0 Å². The molecule has 0 aliphatic heterocycles. The van der Waals surface area contributed by atoms with Crippen LogP contribution in [-0.2, 0) is 6.42 Å². The number of alkyl halides is 3. The van der Waals surface area contributed by atoms with Gasteiger partial charge < -0.3 is 10.5 Å². The molecule has 1 aliphatic rings. The number of rotatable bonds is 5. The van der Waals surface area contributed by atoms with Crippen molar-refractivity contribution < 1.29 is 17.9 Å². The third-order valence-corrected chi connectivity index (χ3v) is 3.79. The van der Waals surface area contributed by atoms with E-state index in [9.17, 15) is 13.2 Å². The summed E-state index contributed by atoms with van der Waals surface area (Å²) < 4.78 is 40.0. The van der Waals surface area contributed by atoms with Crippen molar-refractivity contribution in [3.63, 3.8) is 0 Å². The van der Waals surface area contributed by atoms with E-state index in [4.69, 9.17) is 5.73 Å². The van der Waals surface area contributed by atoms with Gasteiger partial charge in [-0.3, -0.25) is 0 Å². The predicted molar refractivity (Wildman–Crippen MR) is 66.7 cm³/mol. The maximum Gasteiger partial charge on any atom is 0.573 e. The highest BCUT2D eigenvalue weighted by Crippen LogP contribution is 2.46. The Bertz CT molecular complexity index is 425. The fourth-order valence-electron chi connectivity index (χ4n) is 2.44. The quantitative estimate of drug-likeness (QED) is 0.891. The second-order valence-corrected chi connectivity index (χ2v) is 5.50. The SMILES string of the molecule is CC(CN)(Cc1ccc(OC(F)(F)F)cc1)C1CC1. The van der Waals surface area contributed by atoms with Crippen LogP contribution in [0.1, 0.15) is 25.3 Å². The van der Waals surface area contributed by atoms with Crippen LogP contribution in [-0.4, -0.2) is 12.9 Å². The second-order valence-electron chi connectivity index (χ2n) is 5.50. The highest BCUT2D eigenvalue weighted by molar-refractivity contribution is 5.28. The first-order chi connectivity index (χ1) is 8.82. The molecule has 0 heterocycles. The smallest absolute Gasteiger partial charge is 0.406 e. The van der Waals surface area contributed by atoms with Gasteiger partial charge in [0, 0.05) is 0 Å². The largest absolute Gasteiger partial charge is 0.573 e. The maximum absolute atomic E-state index is 12.0. The lowest BCUT2D eigenvalue weighted by molar-refractivity contribution is -0.274. The molecule has 1 unspecified atom stereocenters. The van der Waals surface area contributed by atoms with Gasteiger partial charge in [0.2, 0.25) is 0 Å². The normalized spacial score (nSPS) is 19.0. The molecule has 0 bridgehead atoms. The molecule has 1 aromatic rings. The topological polar surface area (TPSA) is 35.2 Å². The van der Waals surface area contributed by atoms with Crippen molar-refractivity contribution in [3.05, 3.63) is 29.8 Å². The summed E-state index contributed by atoms with van der Waals surface area (Å²) in [5.74, 6) is 0.459. The molecular weight excluding hydrogens is 255 g/mol. The van der Waals surface area contributed by atoms with Gasteiger partial charge in [-0.1, -0.05) is 19.1 Å². The first-order valence-corrected chi connectivity index (χ1v) is 6.37. The van der Waals surface area contributed by atoms with E-state index in [-0.39, 0.29) is 11.2 Å². The van der Waals surface area contributed by atoms with Crippen LogP contribution < -0.4 is 10.5 Å². The van der Waals surface area contributed by atoms with E-state index in [0.717, 1.165) is 12.0 Å². The molecule has 106 valence electrons. The maximum atomic E-state index is 12.0. The molecule has 0 aromatic heterocycles. The van der Waals surface area contributed by atoms with Gasteiger partial charge in [-0.25, -0.2) is 0 Å². The van der Waals surface area contributed by atoms with Crippen LogP contribution in [0.25, 0.3) is 0 Å². The summed E-state index contributed by atoms with van der Waals surface area (Å²) in [6.07, 6.45) is -1.45. The predicted octanol–water partition coefficient (Wildman–Crippen LogP) is 3.50. The third-order valence-electron chi connectivity index (χ3n) is 3.79. The second kappa shape index (κ2) is 5.04. The standard InChI is InChI=1S/C14H18F3NO/c1-13(9-18,11-4-5-11)8-10-2-6-12(7-3-10)19-14(15,16)17/h2-3,6-7,11H,4-5,8-9,18H2,1H3. The average molecular weight is 273 g/mol. The van der Waals surface area contributed by atoms with Crippen LogP contribution in [0.4, 0.5) is 13.2 Å². The van der Waals surface area contributed by atoms with Gasteiger partial charge in [0.25, 0.3) is 0 Å². The third kappa shape index (κ3) is 3.86. The number of ether oxygens (including phenoxy) is 1. The van der Waals surface area contributed by atoms with E-state index in [1.165, 1.54) is 25.0 Å². The number of hydrogen-bond donors (Lipinski definition) is 1. The minimum Gasteiger partial charge on any atom is -0.406 e. The average Bonchev–Trinajstić information content (AvgIpc) is 3.14. The fourth-order valence-corrected chi connectivity index (χ4v) is 2.44. The summed E-state index contributed by atoms with van der Waals surface area (Å²) in [6.45, 7) is 2.74. The molecule has 1 aromatic carbocycles. The highest BCUT2D eigenvalue weighted by Gasteiger charge is 2.40. The number of hydrogen-bond acceptors (Lipinski definition) is 2. The van der Waals surface area contributed by atoms with Crippen molar-refractivity contribution in [1.29, 1.82) is 0 Å². The van der Waals surface area contributed by atoms with E-state index in [2.05, 4.69) is 11.7 Å². The Morgan fingerprint density at radius 1 is 1.21 bits per heavy atom. The van der Waals surface area contributed by atoms with E-state index in [1.807, 2.05) is 0 Å². The summed E-state index contributed by atoms with van der Waals surface area (Å²) in [7, 11) is 0. The zero-order chi connectivity index (χ0) is 14.1. The Labute approximate surface area is 110 Å². The van der Waals surface area contributed by atoms with Crippen molar-refractivity contribution in [2.45, 2.75) is 32.5 Å². The lowest BCUT2D eigenvalue weighted by Crippen LogP contribution is -2.31. The van der Waals surface area contributed by atoms with Gasteiger partial charge >= 0.3 is 6.36 Å².